The molecule has 2 aromatic carbocycles. The molecule has 41 heavy (non-hydrogen) atoms. The topological polar surface area (TPSA) is 106 Å². The first-order valence-corrected chi connectivity index (χ1v) is 14.9. The number of anilines is 1. The van der Waals surface area contributed by atoms with E-state index in [1.165, 1.54) is 25.3 Å². The largest absolute Gasteiger partial charge is 0.492 e. The maximum absolute atomic E-state index is 14.4. The van der Waals surface area contributed by atoms with Gasteiger partial charge in [0.1, 0.15) is 22.8 Å². The molecule has 1 N–H and O–H groups in total. The van der Waals surface area contributed by atoms with E-state index in [1.54, 1.807) is 18.2 Å². The van der Waals surface area contributed by atoms with Crippen LogP contribution < -0.4 is 9.04 Å². The van der Waals surface area contributed by atoms with Gasteiger partial charge in [0.2, 0.25) is 11.0 Å². The van der Waals surface area contributed by atoms with Gasteiger partial charge >= 0.3 is 12.1 Å². The molecule has 5 rings (SSSR count). The zero-order valence-electron chi connectivity index (χ0n) is 23.6. The third-order valence-corrected chi connectivity index (χ3v) is 9.77. The number of nitrogens with zero attached hydrogens (tertiary/aromatic N) is 2. The summed E-state index contributed by atoms with van der Waals surface area (Å²) in [6.45, 7) is 6.15. The van der Waals surface area contributed by atoms with Crippen LogP contribution in [0.4, 0.5) is 14.9 Å². The van der Waals surface area contributed by atoms with Crippen LogP contribution in [0.15, 0.2) is 41.3 Å². The Labute approximate surface area is 241 Å². The lowest BCUT2D eigenvalue weighted by atomic mass is 9.90. The van der Waals surface area contributed by atoms with Gasteiger partial charge in [-0.25, -0.2) is 14.0 Å². The number of hydrogen-bond acceptors (Lipinski definition) is 8. The number of aliphatic hydroxyl groups is 1. The Kier molecular flexibility index (Phi) is 8.22. The van der Waals surface area contributed by atoms with Gasteiger partial charge in [0.05, 0.1) is 26.4 Å². The molecule has 1 aliphatic carbocycles. The van der Waals surface area contributed by atoms with Gasteiger partial charge in [-0.05, 0) is 69.0 Å². The van der Waals surface area contributed by atoms with E-state index >= 15 is 0 Å². The Bertz CT molecular complexity index is 1410. The minimum atomic E-state index is -2.72. The second-order valence-corrected chi connectivity index (χ2v) is 12.8. The van der Waals surface area contributed by atoms with Gasteiger partial charge in [-0.2, -0.15) is 0 Å². The first-order chi connectivity index (χ1) is 19.5. The lowest BCUT2D eigenvalue weighted by Gasteiger charge is -2.25. The number of carbonyl (C=O) groups is 2. The van der Waals surface area contributed by atoms with Gasteiger partial charge in [-0.15, -0.1) is 0 Å². The van der Waals surface area contributed by atoms with Crippen LogP contribution in [0.5, 0.6) is 5.75 Å². The highest BCUT2D eigenvalue weighted by Gasteiger charge is 2.47. The molecule has 0 spiro atoms. The third kappa shape index (κ3) is 5.89. The first-order valence-electron chi connectivity index (χ1n) is 13.7. The monoisotopic (exact) mass is 587 g/mol. The number of hydrogen-bond donors (Lipinski definition) is 1. The average molecular weight is 588 g/mol. The summed E-state index contributed by atoms with van der Waals surface area (Å²) in [5, 5.41) is 10.3. The summed E-state index contributed by atoms with van der Waals surface area (Å²) in [6.07, 6.45) is 4.38. The van der Waals surface area contributed by atoms with Crippen molar-refractivity contribution in [2.45, 2.75) is 43.1 Å². The fourth-order valence-electron chi connectivity index (χ4n) is 5.72. The Morgan fingerprint density at radius 2 is 2.02 bits per heavy atom. The van der Waals surface area contributed by atoms with Crippen LogP contribution in [0.1, 0.15) is 54.1 Å². The highest BCUT2D eigenvalue weighted by molar-refractivity contribution is 7.87. The Hall–Kier alpha value is -3.28. The van der Waals surface area contributed by atoms with E-state index < -0.39 is 34.5 Å². The maximum Gasteiger partial charge on any atom is 0.456 e. The van der Waals surface area contributed by atoms with E-state index in [2.05, 4.69) is 4.90 Å². The number of ether oxygens (including phenoxy) is 3. The van der Waals surface area contributed by atoms with Gasteiger partial charge in [0.25, 0.3) is 0 Å². The van der Waals surface area contributed by atoms with E-state index in [4.69, 9.17) is 14.2 Å². The van der Waals surface area contributed by atoms with Crippen molar-refractivity contribution in [1.82, 2.24) is 4.90 Å². The Morgan fingerprint density at radius 3 is 2.71 bits per heavy atom. The van der Waals surface area contributed by atoms with E-state index in [0.717, 1.165) is 42.9 Å². The molecule has 2 aromatic rings. The molecule has 1 saturated carbocycles. The molecular weight excluding hydrogens is 551 g/mol. The van der Waals surface area contributed by atoms with Crippen molar-refractivity contribution in [2.24, 2.45) is 11.8 Å². The van der Waals surface area contributed by atoms with Gasteiger partial charge in [0.15, 0.2) is 4.90 Å². The van der Waals surface area contributed by atoms with Crippen LogP contribution in [-0.4, -0.2) is 68.1 Å². The van der Waals surface area contributed by atoms with Crippen molar-refractivity contribution in [2.75, 3.05) is 44.8 Å². The van der Waals surface area contributed by atoms with Gasteiger partial charge in [-0.1, -0.05) is 26.7 Å². The number of carbonyl (C=O) groups excluding carboxylic acids is 2. The Balaban J connectivity index is 1.48. The average Bonchev–Trinajstić information content (AvgIpc) is 3.59. The molecular formula is C30H36FN2O7S+. The van der Waals surface area contributed by atoms with Crippen LogP contribution in [0, 0.1) is 17.7 Å². The van der Waals surface area contributed by atoms with Crippen molar-refractivity contribution in [3.8, 4) is 5.75 Å². The highest BCUT2D eigenvalue weighted by atomic mass is 32.2. The van der Waals surface area contributed by atoms with E-state index in [0.29, 0.717) is 30.4 Å². The van der Waals surface area contributed by atoms with Crippen LogP contribution in [0.2, 0.25) is 0 Å². The molecule has 1 saturated heterocycles. The standard InChI is InChI=1S/C30H35FN2O7S/c1-30(2,36)20-11-13-32(16-20)12-5-6-18-14-21(31)7-10-25(18)41(37)33(29(35)39-4)24-9-8-22-23-15-19(23)17-40-27(22)26(24)28(34)38-3/h5-10,14,19-20,23,36H,11-13,15-17H2,1-4H3/p+1. The van der Waals surface area contributed by atoms with Crippen molar-refractivity contribution in [3.05, 3.63) is 58.9 Å². The van der Waals surface area contributed by atoms with Crippen LogP contribution in [0.3, 0.4) is 0 Å². The molecule has 220 valence electrons. The number of thiol groups is 1. The molecule has 11 heteroatoms. The normalized spacial score (nSPS) is 22.4. The Morgan fingerprint density at radius 1 is 1.24 bits per heavy atom. The smallest absolute Gasteiger partial charge is 0.456 e. The lowest BCUT2D eigenvalue weighted by molar-refractivity contribution is 0.0215. The van der Waals surface area contributed by atoms with E-state index in [9.17, 15) is 23.3 Å². The number of fused-ring (bicyclic) bond motifs is 3. The van der Waals surface area contributed by atoms with Crippen molar-refractivity contribution < 1.29 is 37.5 Å². The summed E-state index contributed by atoms with van der Waals surface area (Å²) >= 11 is 0. The van der Waals surface area contributed by atoms with Gasteiger partial charge < -0.3 is 19.3 Å². The van der Waals surface area contributed by atoms with Crippen LogP contribution >= 0.6 is 0 Å². The van der Waals surface area contributed by atoms with Gasteiger partial charge in [-0.3, -0.25) is 4.90 Å². The number of methoxy groups -OCH3 is 2. The number of likely N-dealkylation sites (tertiary alicyclic amines) is 1. The number of esters is 1. The molecule has 0 bridgehead atoms. The molecule has 4 atom stereocenters. The van der Waals surface area contributed by atoms with Crippen molar-refractivity contribution >= 4 is 34.8 Å². The summed E-state index contributed by atoms with van der Waals surface area (Å²) in [5.74, 6) is -0.135. The SMILES string of the molecule is COC(=O)c1c(N(C(=O)OC)[SH+](=O)c2ccc(F)cc2C=CCN2CCC(C(C)(C)O)C2)ccc2c1OCC1CC21. The summed E-state index contributed by atoms with van der Waals surface area (Å²) < 4.78 is 45.4. The second kappa shape index (κ2) is 11.5. The molecule has 2 aliphatic heterocycles. The zero-order valence-corrected chi connectivity index (χ0v) is 24.5. The summed E-state index contributed by atoms with van der Waals surface area (Å²) in [7, 11) is -0.341. The predicted octanol–water partition coefficient (Wildman–Crippen LogP) is 4.46. The first kappa shape index (κ1) is 29.2. The minimum Gasteiger partial charge on any atom is -0.492 e. The number of halogens is 1. The molecule has 0 aromatic heterocycles. The van der Waals surface area contributed by atoms with Gasteiger partial charge in [0, 0.05) is 30.5 Å². The summed E-state index contributed by atoms with van der Waals surface area (Å²) in [6, 6.07) is 7.13. The number of benzene rings is 2. The van der Waals surface area contributed by atoms with Crippen LogP contribution in [0.25, 0.3) is 6.08 Å². The van der Waals surface area contributed by atoms with E-state index in [1.807, 2.05) is 19.9 Å². The highest BCUT2D eigenvalue weighted by Crippen LogP contribution is 2.55. The maximum atomic E-state index is 14.4. The van der Waals surface area contributed by atoms with Crippen molar-refractivity contribution in [1.29, 1.82) is 0 Å². The second-order valence-electron chi connectivity index (χ2n) is 11.3. The molecule has 2 fully saturated rings. The fourth-order valence-corrected chi connectivity index (χ4v) is 7.09. The summed E-state index contributed by atoms with van der Waals surface area (Å²) in [4.78, 5) is 28.5. The molecule has 1 amide bonds. The molecule has 9 nitrogen and oxygen atoms in total. The third-order valence-electron chi connectivity index (χ3n) is 8.20. The number of amides is 1. The van der Waals surface area contributed by atoms with Crippen molar-refractivity contribution in [3.63, 3.8) is 0 Å². The molecule has 0 radical (unpaired) electrons. The molecule has 3 aliphatic rings. The minimum absolute atomic E-state index is 0.00120. The van der Waals surface area contributed by atoms with Crippen LogP contribution in [-0.2, 0) is 24.7 Å². The molecule has 4 unspecified atom stereocenters. The zero-order chi connectivity index (χ0) is 29.5. The fraction of sp³-hybridized carbons (Fsp3) is 0.467. The number of rotatable bonds is 8. The quantitative estimate of drug-likeness (QED) is 0.274. The lowest BCUT2D eigenvalue weighted by Crippen LogP contribution is -2.34. The molecule has 2 heterocycles. The predicted molar refractivity (Wildman–Crippen MR) is 153 cm³/mol. The van der Waals surface area contributed by atoms with E-state index in [-0.39, 0.29) is 28.0 Å². The summed E-state index contributed by atoms with van der Waals surface area (Å²) in [5.41, 5.74) is 0.433.